The monoisotopic (exact) mass is 215 g/mol. The normalized spacial score (nSPS) is 31.7. The van der Waals surface area contributed by atoms with Gasteiger partial charge in [0.2, 0.25) is 0 Å². The first-order chi connectivity index (χ1) is 6.77. The van der Waals surface area contributed by atoms with E-state index in [0.29, 0.717) is 12.8 Å². The molecule has 1 saturated carbocycles. The van der Waals surface area contributed by atoms with E-state index in [4.69, 9.17) is 15.2 Å². The van der Waals surface area contributed by atoms with Gasteiger partial charge in [0.15, 0.2) is 0 Å². The van der Waals surface area contributed by atoms with E-state index in [0.717, 1.165) is 6.42 Å². The van der Waals surface area contributed by atoms with Crippen LogP contribution in [0.25, 0.3) is 0 Å². The molecule has 4 heteroatoms. The van der Waals surface area contributed by atoms with E-state index in [1.807, 2.05) is 20.8 Å². The first-order valence-corrected chi connectivity index (χ1v) is 5.32. The Morgan fingerprint density at radius 2 is 2.07 bits per heavy atom. The molecule has 1 aliphatic rings. The SMILES string of the molecule is COC(=O)C1(N)CCC(OC(C)(C)C)C1. The number of methoxy groups -OCH3 is 1. The largest absolute Gasteiger partial charge is 0.468 e. The van der Waals surface area contributed by atoms with E-state index < -0.39 is 5.54 Å². The highest BCUT2D eigenvalue weighted by atomic mass is 16.5. The van der Waals surface area contributed by atoms with Gasteiger partial charge in [-0.15, -0.1) is 0 Å². The minimum atomic E-state index is -0.843. The van der Waals surface area contributed by atoms with Crippen LogP contribution >= 0.6 is 0 Å². The summed E-state index contributed by atoms with van der Waals surface area (Å²) in [6.07, 6.45) is 2.08. The Labute approximate surface area is 91.1 Å². The van der Waals surface area contributed by atoms with E-state index >= 15 is 0 Å². The lowest BCUT2D eigenvalue weighted by atomic mass is 9.99. The summed E-state index contributed by atoms with van der Waals surface area (Å²) in [6, 6.07) is 0. The number of carbonyl (C=O) groups excluding carboxylic acids is 1. The van der Waals surface area contributed by atoms with Crippen molar-refractivity contribution in [1.29, 1.82) is 0 Å². The molecule has 1 aliphatic carbocycles. The summed E-state index contributed by atoms with van der Waals surface area (Å²) in [4.78, 5) is 11.4. The van der Waals surface area contributed by atoms with Gasteiger partial charge >= 0.3 is 5.97 Å². The van der Waals surface area contributed by atoms with E-state index in [1.165, 1.54) is 7.11 Å². The quantitative estimate of drug-likeness (QED) is 0.704. The summed E-state index contributed by atoms with van der Waals surface area (Å²) in [5, 5.41) is 0. The maximum atomic E-state index is 11.4. The average Bonchev–Trinajstić information content (AvgIpc) is 2.44. The predicted octanol–water partition coefficient (Wildman–Crippen LogP) is 1.22. The number of hydrogen-bond donors (Lipinski definition) is 1. The second kappa shape index (κ2) is 4.10. The highest BCUT2D eigenvalue weighted by molar-refractivity contribution is 5.80. The lowest BCUT2D eigenvalue weighted by Gasteiger charge is -2.26. The fraction of sp³-hybridized carbons (Fsp3) is 0.909. The molecule has 0 bridgehead atoms. The minimum absolute atomic E-state index is 0.0640. The van der Waals surface area contributed by atoms with Crippen LogP contribution in [-0.2, 0) is 14.3 Å². The van der Waals surface area contributed by atoms with Gasteiger partial charge in [-0.25, -0.2) is 0 Å². The molecule has 1 rings (SSSR count). The third kappa shape index (κ3) is 3.18. The van der Waals surface area contributed by atoms with Crippen LogP contribution in [0, 0.1) is 0 Å². The predicted molar refractivity (Wildman–Crippen MR) is 57.4 cm³/mol. The van der Waals surface area contributed by atoms with Gasteiger partial charge < -0.3 is 15.2 Å². The van der Waals surface area contributed by atoms with Gasteiger partial charge in [0.05, 0.1) is 18.8 Å². The number of hydrogen-bond acceptors (Lipinski definition) is 4. The summed E-state index contributed by atoms with van der Waals surface area (Å²) in [5.41, 5.74) is 4.94. The summed E-state index contributed by atoms with van der Waals surface area (Å²) < 4.78 is 10.5. The number of nitrogens with two attached hydrogens (primary N) is 1. The van der Waals surface area contributed by atoms with Crippen LogP contribution in [-0.4, -0.2) is 30.3 Å². The van der Waals surface area contributed by atoms with E-state index in [2.05, 4.69) is 0 Å². The molecule has 2 N–H and O–H groups in total. The Balaban J connectivity index is 2.55. The number of carbonyl (C=O) groups is 1. The number of rotatable bonds is 2. The molecular formula is C11H21NO3. The van der Waals surface area contributed by atoms with Crippen molar-refractivity contribution in [2.75, 3.05) is 7.11 Å². The lowest BCUT2D eigenvalue weighted by Crippen LogP contribution is -2.47. The molecule has 0 heterocycles. The van der Waals surface area contributed by atoms with Gasteiger partial charge in [0, 0.05) is 6.42 Å². The first-order valence-electron chi connectivity index (χ1n) is 5.32. The molecular weight excluding hydrogens is 194 g/mol. The summed E-state index contributed by atoms with van der Waals surface area (Å²) in [7, 11) is 1.37. The topological polar surface area (TPSA) is 61.5 Å². The molecule has 15 heavy (non-hydrogen) atoms. The average molecular weight is 215 g/mol. The molecule has 0 amide bonds. The molecule has 0 aromatic heterocycles. The molecule has 2 atom stereocenters. The summed E-state index contributed by atoms with van der Waals surface area (Å²) >= 11 is 0. The fourth-order valence-corrected chi connectivity index (χ4v) is 2.02. The first kappa shape index (κ1) is 12.5. The van der Waals surface area contributed by atoms with Crippen molar-refractivity contribution in [3.05, 3.63) is 0 Å². The van der Waals surface area contributed by atoms with Crippen LogP contribution in [0.1, 0.15) is 40.0 Å². The number of ether oxygens (including phenoxy) is 2. The van der Waals surface area contributed by atoms with E-state index in [9.17, 15) is 4.79 Å². The Kier molecular flexibility index (Phi) is 3.41. The van der Waals surface area contributed by atoms with Gasteiger partial charge in [-0.05, 0) is 33.6 Å². The molecule has 0 aliphatic heterocycles. The molecule has 1 fully saturated rings. The molecule has 0 spiro atoms. The van der Waals surface area contributed by atoms with Gasteiger partial charge in [-0.2, -0.15) is 0 Å². The van der Waals surface area contributed by atoms with Crippen molar-refractivity contribution in [3.8, 4) is 0 Å². The molecule has 2 unspecified atom stereocenters. The maximum Gasteiger partial charge on any atom is 0.325 e. The summed E-state index contributed by atoms with van der Waals surface area (Å²) in [5.74, 6) is -0.331. The van der Waals surface area contributed by atoms with Crippen LogP contribution in [0.4, 0.5) is 0 Å². The molecule has 0 saturated heterocycles. The Morgan fingerprint density at radius 1 is 1.47 bits per heavy atom. The summed E-state index contributed by atoms with van der Waals surface area (Å²) in [6.45, 7) is 6.00. The van der Waals surface area contributed by atoms with Crippen LogP contribution < -0.4 is 5.73 Å². The Hall–Kier alpha value is -0.610. The lowest BCUT2D eigenvalue weighted by molar-refractivity contribution is -0.147. The van der Waals surface area contributed by atoms with Crippen LogP contribution in [0.5, 0.6) is 0 Å². The molecule has 0 aromatic rings. The Morgan fingerprint density at radius 3 is 2.53 bits per heavy atom. The van der Waals surface area contributed by atoms with Crippen LogP contribution in [0.15, 0.2) is 0 Å². The minimum Gasteiger partial charge on any atom is -0.468 e. The van der Waals surface area contributed by atoms with Gasteiger partial charge in [0.1, 0.15) is 5.54 Å². The zero-order valence-corrected chi connectivity index (χ0v) is 10.0. The maximum absolute atomic E-state index is 11.4. The zero-order chi connectivity index (χ0) is 11.7. The second-order valence-corrected chi connectivity index (χ2v) is 5.24. The second-order valence-electron chi connectivity index (χ2n) is 5.24. The van der Waals surface area contributed by atoms with Gasteiger partial charge in [-0.1, -0.05) is 0 Å². The van der Waals surface area contributed by atoms with Crippen LogP contribution in [0.3, 0.4) is 0 Å². The van der Waals surface area contributed by atoms with Gasteiger partial charge in [0.25, 0.3) is 0 Å². The van der Waals surface area contributed by atoms with Crippen molar-refractivity contribution < 1.29 is 14.3 Å². The highest BCUT2D eigenvalue weighted by Crippen LogP contribution is 2.33. The van der Waals surface area contributed by atoms with Crippen molar-refractivity contribution >= 4 is 5.97 Å². The van der Waals surface area contributed by atoms with E-state index in [1.54, 1.807) is 0 Å². The Bertz CT molecular complexity index is 247. The van der Waals surface area contributed by atoms with Crippen molar-refractivity contribution in [1.82, 2.24) is 0 Å². The molecule has 0 aromatic carbocycles. The fourth-order valence-electron chi connectivity index (χ4n) is 2.02. The highest BCUT2D eigenvalue weighted by Gasteiger charge is 2.44. The van der Waals surface area contributed by atoms with E-state index in [-0.39, 0.29) is 17.7 Å². The third-order valence-corrected chi connectivity index (χ3v) is 2.62. The molecule has 88 valence electrons. The third-order valence-electron chi connectivity index (χ3n) is 2.62. The standard InChI is InChI=1S/C11H21NO3/c1-10(2,3)15-8-5-6-11(12,7-8)9(13)14-4/h8H,5-7,12H2,1-4H3. The van der Waals surface area contributed by atoms with Crippen molar-refractivity contribution in [3.63, 3.8) is 0 Å². The van der Waals surface area contributed by atoms with Crippen molar-refractivity contribution in [2.45, 2.75) is 57.3 Å². The smallest absolute Gasteiger partial charge is 0.325 e. The van der Waals surface area contributed by atoms with Gasteiger partial charge in [-0.3, -0.25) is 4.79 Å². The molecule has 4 nitrogen and oxygen atoms in total. The van der Waals surface area contributed by atoms with Crippen molar-refractivity contribution in [2.24, 2.45) is 5.73 Å². The number of esters is 1. The van der Waals surface area contributed by atoms with Crippen LogP contribution in [0.2, 0.25) is 0 Å². The molecule has 0 radical (unpaired) electrons. The zero-order valence-electron chi connectivity index (χ0n) is 10.0.